The lowest BCUT2D eigenvalue weighted by Gasteiger charge is -2.26. The molecule has 2 heterocycles. The number of alkyl halides is 1. The predicted molar refractivity (Wildman–Crippen MR) is 131 cm³/mol. The van der Waals surface area contributed by atoms with E-state index in [1.54, 1.807) is 0 Å². The molecule has 0 aromatic heterocycles. The second-order valence-corrected chi connectivity index (χ2v) is 8.91. The molecule has 2 aliphatic rings. The van der Waals surface area contributed by atoms with Crippen LogP contribution >= 0.6 is 0 Å². The van der Waals surface area contributed by atoms with E-state index < -0.39 is 18.6 Å². The van der Waals surface area contributed by atoms with E-state index in [0.717, 1.165) is 50.4 Å². The van der Waals surface area contributed by atoms with Crippen LogP contribution in [0.15, 0.2) is 11.6 Å². The summed E-state index contributed by atoms with van der Waals surface area (Å²) in [5, 5.41) is 2.51. The van der Waals surface area contributed by atoms with Crippen molar-refractivity contribution >= 4 is 23.5 Å². The fourth-order valence-corrected chi connectivity index (χ4v) is 4.41. The highest BCUT2D eigenvalue weighted by Crippen LogP contribution is 2.41. The highest BCUT2D eigenvalue weighted by Gasteiger charge is 2.32. The summed E-state index contributed by atoms with van der Waals surface area (Å²) in [7, 11) is 1.50. The number of cyclic esters (lactones) is 1. The van der Waals surface area contributed by atoms with Crippen molar-refractivity contribution < 1.29 is 37.7 Å². The average molecular weight is 507 g/mol. The van der Waals surface area contributed by atoms with E-state index in [4.69, 9.17) is 18.9 Å². The lowest BCUT2D eigenvalue weighted by molar-refractivity contribution is -0.143. The highest BCUT2D eigenvalue weighted by atomic mass is 19.1. The number of carbonyl (C=O) groups excluding carboxylic acids is 3. The number of allylic oxidation sites excluding steroid dienone is 2. The minimum absolute atomic E-state index is 0.0680. The lowest BCUT2D eigenvalue weighted by atomic mass is 9.93. The molecule has 198 valence electrons. The van der Waals surface area contributed by atoms with Crippen LogP contribution in [0.25, 0.3) is 0 Å². The minimum atomic E-state index is -1.22. The summed E-state index contributed by atoms with van der Waals surface area (Å²) in [5.41, 5.74) is 3.29. The van der Waals surface area contributed by atoms with E-state index in [-0.39, 0.29) is 30.2 Å². The third-order valence-corrected chi connectivity index (χ3v) is 6.43. The van der Waals surface area contributed by atoms with Crippen molar-refractivity contribution in [3.8, 4) is 5.75 Å². The van der Waals surface area contributed by atoms with Crippen molar-refractivity contribution in [2.45, 2.75) is 46.1 Å². The molecular formula is C26H35FN2O7. The van der Waals surface area contributed by atoms with E-state index in [1.165, 1.54) is 7.11 Å². The van der Waals surface area contributed by atoms with Crippen LogP contribution in [0.3, 0.4) is 0 Å². The maximum absolute atomic E-state index is 13.0. The van der Waals surface area contributed by atoms with Crippen molar-refractivity contribution in [2.24, 2.45) is 0 Å². The number of hydrogen-bond donors (Lipinski definition) is 1. The first-order chi connectivity index (χ1) is 17.3. The molecule has 1 aromatic carbocycles. The number of halogens is 1. The average Bonchev–Trinajstić information content (AvgIpc) is 3.28. The minimum Gasteiger partial charge on any atom is -0.496 e. The monoisotopic (exact) mass is 506 g/mol. The lowest BCUT2D eigenvalue weighted by Crippen LogP contribution is -2.37. The number of nitrogens with one attached hydrogen (secondary N) is 1. The van der Waals surface area contributed by atoms with Gasteiger partial charge in [-0.05, 0) is 38.7 Å². The molecule has 0 aliphatic carbocycles. The molecule has 0 spiro atoms. The van der Waals surface area contributed by atoms with Crippen LogP contribution < -0.4 is 10.1 Å². The van der Waals surface area contributed by atoms with Crippen LogP contribution in [0.1, 0.15) is 53.2 Å². The summed E-state index contributed by atoms with van der Waals surface area (Å²) in [6.07, 6.45) is 3.75. The number of amides is 1. The molecule has 3 rings (SSSR count). The number of esters is 2. The van der Waals surface area contributed by atoms with Crippen LogP contribution in [0.2, 0.25) is 0 Å². The summed E-state index contributed by atoms with van der Waals surface area (Å²) in [6, 6.07) is 0. The standard InChI is InChI=1S/C26H35FN2O7/c1-17(6-8-22(31)35-12-4-9-29-10-13-34-14-11-29)5-7-19-24(28-21(30)15-27)23-20(16-36-26(23)32)18(2)25(19)33-3/h5H,4,6-16H2,1-3H3,(H,28,30)/b17-5+. The third-order valence-electron chi connectivity index (χ3n) is 6.43. The fourth-order valence-electron chi connectivity index (χ4n) is 4.41. The Labute approximate surface area is 210 Å². The molecule has 1 aromatic rings. The zero-order valence-electron chi connectivity index (χ0n) is 21.2. The Kier molecular flexibility index (Phi) is 10.2. The van der Waals surface area contributed by atoms with Crippen molar-refractivity contribution in [1.82, 2.24) is 4.90 Å². The van der Waals surface area contributed by atoms with Crippen LogP contribution in [0, 0.1) is 6.92 Å². The molecule has 0 atom stereocenters. The number of benzene rings is 1. The number of methoxy groups -OCH3 is 1. The van der Waals surface area contributed by atoms with Gasteiger partial charge in [0.2, 0.25) is 0 Å². The van der Waals surface area contributed by atoms with Gasteiger partial charge in [-0.3, -0.25) is 14.5 Å². The number of morpholine rings is 1. The fraction of sp³-hybridized carbons (Fsp3) is 0.577. The molecule has 10 heteroatoms. The third kappa shape index (κ3) is 7.04. The predicted octanol–water partition coefficient (Wildman–Crippen LogP) is 3.12. The molecular weight excluding hydrogens is 471 g/mol. The molecule has 1 N–H and O–H groups in total. The molecule has 0 radical (unpaired) electrons. The normalized spacial score (nSPS) is 15.9. The molecule has 2 aliphatic heterocycles. The summed E-state index contributed by atoms with van der Waals surface area (Å²) in [6.45, 7) is 7.14. The van der Waals surface area contributed by atoms with Crippen molar-refractivity contribution in [2.75, 3.05) is 58.6 Å². The smallest absolute Gasteiger partial charge is 0.341 e. The topological polar surface area (TPSA) is 103 Å². The molecule has 0 bridgehead atoms. The van der Waals surface area contributed by atoms with Gasteiger partial charge in [-0.25, -0.2) is 9.18 Å². The number of ether oxygens (including phenoxy) is 4. The maximum Gasteiger partial charge on any atom is 0.341 e. The zero-order chi connectivity index (χ0) is 26.1. The summed E-state index contributed by atoms with van der Waals surface area (Å²) in [5.74, 6) is -1.18. The van der Waals surface area contributed by atoms with Crippen LogP contribution in [-0.2, 0) is 36.8 Å². The largest absolute Gasteiger partial charge is 0.496 e. The van der Waals surface area contributed by atoms with Gasteiger partial charge in [0, 0.05) is 37.2 Å². The summed E-state index contributed by atoms with van der Waals surface area (Å²) >= 11 is 0. The van der Waals surface area contributed by atoms with Crippen LogP contribution in [0.4, 0.5) is 10.1 Å². The van der Waals surface area contributed by atoms with E-state index in [0.29, 0.717) is 36.3 Å². The van der Waals surface area contributed by atoms with Crippen molar-refractivity contribution in [1.29, 1.82) is 0 Å². The molecule has 9 nitrogen and oxygen atoms in total. The first kappa shape index (κ1) is 27.6. The molecule has 0 saturated carbocycles. The molecule has 1 saturated heterocycles. The quantitative estimate of drug-likeness (QED) is 0.262. The molecule has 0 unspecified atom stereocenters. The van der Waals surface area contributed by atoms with Crippen LogP contribution in [0.5, 0.6) is 5.75 Å². The Hall–Kier alpha value is -2.98. The van der Waals surface area contributed by atoms with Crippen molar-refractivity contribution in [3.05, 3.63) is 33.9 Å². The Morgan fingerprint density at radius 1 is 1.22 bits per heavy atom. The number of rotatable bonds is 12. The van der Waals surface area contributed by atoms with Gasteiger partial charge < -0.3 is 24.3 Å². The SMILES string of the molecule is COc1c(C)c2c(c(NC(=O)CF)c1C/C=C(\C)CCC(=O)OCCCN1CCOCC1)C(=O)OC2. The van der Waals surface area contributed by atoms with Gasteiger partial charge in [0.1, 0.15) is 12.4 Å². The molecule has 1 fully saturated rings. The van der Waals surface area contributed by atoms with Crippen LogP contribution in [-0.4, -0.2) is 76.0 Å². The number of anilines is 1. The van der Waals surface area contributed by atoms with Crippen molar-refractivity contribution in [3.63, 3.8) is 0 Å². The Bertz CT molecular complexity index is 1000. The van der Waals surface area contributed by atoms with Gasteiger partial charge in [0.25, 0.3) is 5.91 Å². The Morgan fingerprint density at radius 2 is 1.97 bits per heavy atom. The van der Waals surface area contributed by atoms with Gasteiger partial charge in [0.05, 0.1) is 38.2 Å². The van der Waals surface area contributed by atoms with Gasteiger partial charge in [-0.2, -0.15) is 0 Å². The first-order valence-electron chi connectivity index (χ1n) is 12.2. The van der Waals surface area contributed by atoms with Gasteiger partial charge in [0.15, 0.2) is 6.67 Å². The number of fused-ring (bicyclic) bond motifs is 1. The number of hydrogen-bond acceptors (Lipinski definition) is 8. The molecule has 1 amide bonds. The van der Waals surface area contributed by atoms with E-state index in [9.17, 15) is 18.8 Å². The summed E-state index contributed by atoms with van der Waals surface area (Å²) in [4.78, 5) is 38.7. The van der Waals surface area contributed by atoms with Gasteiger partial charge in [-0.1, -0.05) is 11.6 Å². The van der Waals surface area contributed by atoms with E-state index >= 15 is 0 Å². The van der Waals surface area contributed by atoms with E-state index in [2.05, 4.69) is 10.2 Å². The Balaban J connectivity index is 1.61. The second-order valence-electron chi connectivity index (χ2n) is 8.91. The second kappa shape index (κ2) is 13.4. The summed E-state index contributed by atoms with van der Waals surface area (Å²) < 4.78 is 34.4. The van der Waals surface area contributed by atoms with Gasteiger partial charge in [-0.15, -0.1) is 0 Å². The molecule has 36 heavy (non-hydrogen) atoms. The number of nitrogens with zero attached hydrogens (tertiary/aromatic N) is 1. The van der Waals surface area contributed by atoms with E-state index in [1.807, 2.05) is 19.9 Å². The maximum atomic E-state index is 13.0. The number of carbonyl (C=O) groups is 3. The first-order valence-corrected chi connectivity index (χ1v) is 12.2. The Morgan fingerprint density at radius 3 is 2.67 bits per heavy atom. The van der Waals surface area contributed by atoms with Gasteiger partial charge >= 0.3 is 11.9 Å². The highest BCUT2D eigenvalue weighted by molar-refractivity contribution is 6.06. The zero-order valence-corrected chi connectivity index (χ0v) is 21.2.